The molecule has 0 radical (unpaired) electrons. The van der Waals surface area contributed by atoms with E-state index in [4.69, 9.17) is 5.73 Å². The first-order valence-corrected chi connectivity index (χ1v) is 5.18. The standard InChI is InChI=1S/C12H17FN2/c1-2-3-4-10-5-7-11(8-6-10)15-12(14)9-13/h5-9,15H,2-4,14H2,1H3/b12-9+. The van der Waals surface area contributed by atoms with E-state index in [-0.39, 0.29) is 5.82 Å². The number of nitrogens with two attached hydrogens (primary N) is 1. The molecule has 0 atom stereocenters. The molecule has 0 aliphatic rings. The number of unbranched alkanes of at least 4 members (excludes halogenated alkanes) is 1. The van der Waals surface area contributed by atoms with E-state index in [1.807, 2.05) is 24.3 Å². The summed E-state index contributed by atoms with van der Waals surface area (Å²) in [4.78, 5) is 0. The molecular weight excluding hydrogens is 191 g/mol. The van der Waals surface area contributed by atoms with Gasteiger partial charge < -0.3 is 11.1 Å². The third-order valence-electron chi connectivity index (χ3n) is 2.18. The van der Waals surface area contributed by atoms with Gasteiger partial charge in [0.05, 0.1) is 0 Å². The van der Waals surface area contributed by atoms with Crippen LogP contribution in [0, 0.1) is 0 Å². The second-order valence-electron chi connectivity index (χ2n) is 3.49. The van der Waals surface area contributed by atoms with Gasteiger partial charge in [-0.05, 0) is 30.5 Å². The van der Waals surface area contributed by atoms with Gasteiger partial charge in [0, 0.05) is 5.69 Å². The molecule has 3 N–H and O–H groups in total. The van der Waals surface area contributed by atoms with Gasteiger partial charge in [-0.1, -0.05) is 25.5 Å². The molecule has 2 nitrogen and oxygen atoms in total. The third kappa shape index (κ3) is 4.02. The average molecular weight is 208 g/mol. The largest absolute Gasteiger partial charge is 0.383 e. The molecular formula is C12H17FN2. The predicted molar refractivity (Wildman–Crippen MR) is 62.1 cm³/mol. The zero-order valence-corrected chi connectivity index (χ0v) is 8.96. The fourth-order valence-corrected chi connectivity index (χ4v) is 1.33. The van der Waals surface area contributed by atoms with Crippen molar-refractivity contribution in [2.45, 2.75) is 26.2 Å². The zero-order chi connectivity index (χ0) is 11.1. The van der Waals surface area contributed by atoms with Gasteiger partial charge in [0.15, 0.2) is 0 Å². The molecule has 0 heterocycles. The van der Waals surface area contributed by atoms with E-state index in [1.54, 1.807) is 0 Å². The van der Waals surface area contributed by atoms with Crippen molar-refractivity contribution in [1.82, 2.24) is 0 Å². The van der Waals surface area contributed by atoms with Crippen LogP contribution in [0.15, 0.2) is 36.4 Å². The van der Waals surface area contributed by atoms with Gasteiger partial charge in [0.25, 0.3) is 0 Å². The van der Waals surface area contributed by atoms with E-state index in [2.05, 4.69) is 12.2 Å². The summed E-state index contributed by atoms with van der Waals surface area (Å²) in [6, 6.07) is 7.87. The van der Waals surface area contributed by atoms with E-state index in [9.17, 15) is 4.39 Å². The highest BCUT2D eigenvalue weighted by Crippen LogP contribution is 2.12. The molecule has 0 aliphatic heterocycles. The lowest BCUT2D eigenvalue weighted by molar-refractivity contribution is 0.708. The van der Waals surface area contributed by atoms with Crippen molar-refractivity contribution >= 4 is 5.69 Å². The SMILES string of the molecule is CCCCc1ccc(N/C(N)=C/F)cc1. The molecule has 0 aromatic heterocycles. The minimum Gasteiger partial charge on any atom is -0.383 e. The molecule has 15 heavy (non-hydrogen) atoms. The van der Waals surface area contributed by atoms with Gasteiger partial charge in [0.2, 0.25) is 0 Å². The molecule has 0 fully saturated rings. The van der Waals surface area contributed by atoms with Crippen LogP contribution in [0.4, 0.5) is 10.1 Å². The van der Waals surface area contributed by atoms with Crippen molar-refractivity contribution < 1.29 is 4.39 Å². The monoisotopic (exact) mass is 208 g/mol. The minimum atomic E-state index is 0.0244. The Morgan fingerprint density at radius 1 is 1.40 bits per heavy atom. The smallest absolute Gasteiger partial charge is 0.130 e. The van der Waals surface area contributed by atoms with Crippen LogP contribution in [-0.2, 0) is 6.42 Å². The highest BCUT2D eigenvalue weighted by Gasteiger charge is 1.95. The Hall–Kier alpha value is -1.51. The van der Waals surface area contributed by atoms with Crippen LogP contribution in [0.3, 0.4) is 0 Å². The topological polar surface area (TPSA) is 38.0 Å². The van der Waals surface area contributed by atoms with Gasteiger partial charge in [0.1, 0.15) is 12.2 Å². The normalized spacial score (nSPS) is 11.5. The van der Waals surface area contributed by atoms with Crippen LogP contribution in [-0.4, -0.2) is 0 Å². The number of benzene rings is 1. The molecule has 0 spiro atoms. The molecule has 1 aromatic rings. The summed E-state index contributed by atoms with van der Waals surface area (Å²) in [6.07, 6.45) is 3.83. The van der Waals surface area contributed by atoms with Crippen molar-refractivity contribution in [1.29, 1.82) is 0 Å². The zero-order valence-electron chi connectivity index (χ0n) is 8.96. The first-order chi connectivity index (χ1) is 7.26. The Kier molecular flexibility index (Phi) is 4.68. The number of nitrogens with one attached hydrogen (secondary N) is 1. The lowest BCUT2D eigenvalue weighted by atomic mass is 10.1. The van der Waals surface area contributed by atoms with Crippen LogP contribution < -0.4 is 11.1 Å². The van der Waals surface area contributed by atoms with Crippen molar-refractivity contribution in [2.75, 3.05) is 5.32 Å². The lowest BCUT2D eigenvalue weighted by Crippen LogP contribution is -2.07. The van der Waals surface area contributed by atoms with Gasteiger partial charge in [-0.15, -0.1) is 0 Å². The van der Waals surface area contributed by atoms with E-state index >= 15 is 0 Å². The van der Waals surface area contributed by atoms with E-state index in [0.717, 1.165) is 12.1 Å². The maximum Gasteiger partial charge on any atom is 0.130 e. The molecule has 3 heteroatoms. The first kappa shape index (κ1) is 11.6. The van der Waals surface area contributed by atoms with Crippen LogP contribution in [0.1, 0.15) is 25.3 Å². The highest BCUT2D eigenvalue weighted by molar-refractivity contribution is 5.48. The average Bonchev–Trinajstić information content (AvgIpc) is 2.28. The highest BCUT2D eigenvalue weighted by atomic mass is 19.1. The lowest BCUT2D eigenvalue weighted by Gasteiger charge is -2.06. The first-order valence-electron chi connectivity index (χ1n) is 5.18. The second kappa shape index (κ2) is 6.06. The third-order valence-corrected chi connectivity index (χ3v) is 2.18. The molecule has 0 aliphatic carbocycles. The van der Waals surface area contributed by atoms with Crippen LogP contribution in [0.25, 0.3) is 0 Å². The molecule has 0 saturated carbocycles. The summed E-state index contributed by atoms with van der Waals surface area (Å²) in [5.74, 6) is 0.0244. The number of anilines is 1. The van der Waals surface area contributed by atoms with Crippen LogP contribution >= 0.6 is 0 Å². The molecule has 82 valence electrons. The molecule has 1 rings (SSSR count). The van der Waals surface area contributed by atoms with Gasteiger partial charge >= 0.3 is 0 Å². The minimum absolute atomic E-state index is 0.0244. The quantitative estimate of drug-likeness (QED) is 0.780. The maximum atomic E-state index is 12.0. The Bertz CT molecular complexity index is 317. The predicted octanol–water partition coefficient (Wildman–Crippen LogP) is 3.17. The number of hydrogen-bond donors (Lipinski definition) is 2. The Balaban J connectivity index is 2.56. The van der Waals surface area contributed by atoms with Crippen molar-refractivity contribution in [3.8, 4) is 0 Å². The van der Waals surface area contributed by atoms with E-state index in [0.29, 0.717) is 6.33 Å². The fourth-order valence-electron chi connectivity index (χ4n) is 1.33. The number of rotatable bonds is 5. The molecule has 1 aromatic carbocycles. The van der Waals surface area contributed by atoms with Gasteiger partial charge in [-0.3, -0.25) is 0 Å². The summed E-state index contributed by atoms with van der Waals surface area (Å²) >= 11 is 0. The Morgan fingerprint density at radius 2 is 2.07 bits per heavy atom. The van der Waals surface area contributed by atoms with Gasteiger partial charge in [-0.25, -0.2) is 4.39 Å². The summed E-state index contributed by atoms with van der Waals surface area (Å²) < 4.78 is 12.0. The number of halogens is 1. The van der Waals surface area contributed by atoms with E-state index < -0.39 is 0 Å². The summed E-state index contributed by atoms with van der Waals surface area (Å²) in [5, 5.41) is 2.74. The Morgan fingerprint density at radius 3 is 2.60 bits per heavy atom. The van der Waals surface area contributed by atoms with Gasteiger partial charge in [-0.2, -0.15) is 0 Å². The maximum absolute atomic E-state index is 12.0. The summed E-state index contributed by atoms with van der Waals surface area (Å²) in [6.45, 7) is 2.17. The molecule has 0 bridgehead atoms. The fraction of sp³-hybridized carbons (Fsp3) is 0.333. The molecule has 0 saturated heterocycles. The number of hydrogen-bond acceptors (Lipinski definition) is 2. The van der Waals surface area contributed by atoms with Crippen molar-refractivity contribution in [3.63, 3.8) is 0 Å². The molecule has 0 unspecified atom stereocenters. The van der Waals surface area contributed by atoms with Crippen LogP contribution in [0.5, 0.6) is 0 Å². The summed E-state index contributed by atoms with van der Waals surface area (Å²) in [7, 11) is 0. The molecule has 0 amide bonds. The Labute approximate surface area is 90.0 Å². The number of aryl methyl sites for hydroxylation is 1. The second-order valence-corrected chi connectivity index (χ2v) is 3.49. The summed E-state index contributed by atoms with van der Waals surface area (Å²) in [5.41, 5.74) is 7.40. The van der Waals surface area contributed by atoms with Crippen LogP contribution in [0.2, 0.25) is 0 Å². The van der Waals surface area contributed by atoms with Crippen molar-refractivity contribution in [3.05, 3.63) is 42.0 Å². The van der Waals surface area contributed by atoms with E-state index in [1.165, 1.54) is 18.4 Å². The van der Waals surface area contributed by atoms with Crippen molar-refractivity contribution in [2.24, 2.45) is 5.73 Å².